The lowest BCUT2D eigenvalue weighted by molar-refractivity contribution is -0.118. The topological polar surface area (TPSA) is 64.3 Å². The van der Waals surface area contributed by atoms with E-state index in [-0.39, 0.29) is 12.5 Å². The van der Waals surface area contributed by atoms with Crippen LogP contribution in [0.15, 0.2) is 36.4 Å². The molecule has 0 atom stereocenters. The third kappa shape index (κ3) is 4.29. The van der Waals surface area contributed by atoms with Crippen LogP contribution in [0.3, 0.4) is 0 Å². The lowest BCUT2D eigenvalue weighted by Crippen LogP contribution is -2.20. The van der Waals surface area contributed by atoms with Crippen LogP contribution in [0.5, 0.6) is 5.75 Å². The first-order valence-corrected chi connectivity index (χ1v) is 7.51. The first-order valence-electron chi connectivity index (χ1n) is 6.75. The molecule has 116 valence electrons. The summed E-state index contributed by atoms with van der Waals surface area (Å²) in [6.07, 6.45) is 0.956. The molecule has 1 amide bonds. The molecule has 0 aliphatic rings. The lowest BCUT2D eigenvalue weighted by Gasteiger charge is -2.10. The molecular formula is C16H16Cl2N2O2. The van der Waals surface area contributed by atoms with E-state index in [1.165, 1.54) is 17.7 Å². The van der Waals surface area contributed by atoms with Crippen LogP contribution in [0.25, 0.3) is 0 Å². The van der Waals surface area contributed by atoms with E-state index in [4.69, 9.17) is 33.7 Å². The summed E-state index contributed by atoms with van der Waals surface area (Å²) in [4.78, 5) is 11.9. The van der Waals surface area contributed by atoms with E-state index in [1.54, 1.807) is 0 Å². The molecule has 0 aliphatic carbocycles. The minimum absolute atomic E-state index is 0.121. The second-order valence-corrected chi connectivity index (χ2v) is 5.50. The van der Waals surface area contributed by atoms with Gasteiger partial charge in [0.05, 0.1) is 21.4 Å². The number of nitrogens with one attached hydrogen (secondary N) is 1. The molecule has 22 heavy (non-hydrogen) atoms. The maximum Gasteiger partial charge on any atom is 0.262 e. The van der Waals surface area contributed by atoms with Gasteiger partial charge in [0.2, 0.25) is 0 Å². The molecule has 2 aromatic carbocycles. The zero-order valence-corrected chi connectivity index (χ0v) is 13.5. The highest BCUT2D eigenvalue weighted by atomic mass is 35.5. The van der Waals surface area contributed by atoms with Gasteiger partial charge in [-0.2, -0.15) is 0 Å². The molecule has 4 nitrogen and oxygen atoms in total. The lowest BCUT2D eigenvalue weighted by atomic mass is 10.2. The highest BCUT2D eigenvalue weighted by Gasteiger charge is 2.09. The Morgan fingerprint density at radius 2 is 1.86 bits per heavy atom. The molecule has 0 unspecified atom stereocenters. The molecule has 0 aliphatic heterocycles. The Balaban J connectivity index is 1.94. The minimum atomic E-state index is -0.331. The van der Waals surface area contributed by atoms with Crippen LogP contribution in [0.2, 0.25) is 10.0 Å². The largest absolute Gasteiger partial charge is 0.484 e. The van der Waals surface area contributed by atoms with Crippen LogP contribution in [-0.2, 0) is 11.2 Å². The van der Waals surface area contributed by atoms with Gasteiger partial charge in [-0.05, 0) is 36.2 Å². The Kier molecular flexibility index (Phi) is 5.52. The monoisotopic (exact) mass is 338 g/mol. The maximum atomic E-state index is 11.9. The number of hydrogen-bond donors (Lipinski definition) is 2. The van der Waals surface area contributed by atoms with E-state index in [2.05, 4.69) is 12.2 Å². The van der Waals surface area contributed by atoms with Crippen molar-refractivity contribution in [1.82, 2.24) is 0 Å². The number of ether oxygens (including phenoxy) is 1. The number of carbonyl (C=O) groups excluding carboxylic acids is 1. The van der Waals surface area contributed by atoms with Crippen LogP contribution in [0.4, 0.5) is 11.4 Å². The predicted octanol–water partition coefficient (Wildman–Crippen LogP) is 4.16. The van der Waals surface area contributed by atoms with E-state index in [9.17, 15) is 4.79 Å². The zero-order chi connectivity index (χ0) is 16.1. The fourth-order valence-corrected chi connectivity index (χ4v) is 2.20. The zero-order valence-electron chi connectivity index (χ0n) is 12.0. The van der Waals surface area contributed by atoms with Crippen LogP contribution in [0, 0.1) is 0 Å². The highest BCUT2D eigenvalue weighted by molar-refractivity contribution is 6.37. The number of hydrogen-bond acceptors (Lipinski definition) is 3. The summed E-state index contributed by atoms with van der Waals surface area (Å²) in [6, 6.07) is 10.6. The van der Waals surface area contributed by atoms with Crippen molar-refractivity contribution in [3.63, 3.8) is 0 Å². The normalized spacial score (nSPS) is 10.3. The van der Waals surface area contributed by atoms with Crippen molar-refractivity contribution in [3.8, 4) is 5.75 Å². The van der Waals surface area contributed by atoms with Gasteiger partial charge in [-0.15, -0.1) is 0 Å². The third-order valence-corrected chi connectivity index (χ3v) is 3.70. The summed E-state index contributed by atoms with van der Waals surface area (Å²) in [5.41, 5.74) is 7.59. The summed E-state index contributed by atoms with van der Waals surface area (Å²) >= 11 is 11.9. The molecule has 0 saturated carbocycles. The molecular weight excluding hydrogens is 323 g/mol. The molecule has 0 radical (unpaired) electrons. The summed E-state index contributed by atoms with van der Waals surface area (Å²) < 4.78 is 5.42. The van der Waals surface area contributed by atoms with Gasteiger partial charge in [0.1, 0.15) is 5.75 Å². The Labute approximate surface area is 139 Å². The second-order valence-electron chi connectivity index (χ2n) is 4.69. The van der Waals surface area contributed by atoms with Crippen molar-refractivity contribution >= 4 is 40.5 Å². The van der Waals surface area contributed by atoms with Crippen LogP contribution >= 0.6 is 23.2 Å². The minimum Gasteiger partial charge on any atom is -0.484 e. The van der Waals surface area contributed by atoms with E-state index in [0.717, 1.165) is 6.42 Å². The summed E-state index contributed by atoms with van der Waals surface area (Å²) in [5.74, 6) is 0.302. The van der Waals surface area contributed by atoms with Gasteiger partial charge in [0.25, 0.3) is 5.91 Å². The average molecular weight is 339 g/mol. The van der Waals surface area contributed by atoms with Crippen molar-refractivity contribution in [1.29, 1.82) is 0 Å². The van der Waals surface area contributed by atoms with E-state index >= 15 is 0 Å². The standard InChI is InChI=1S/C16H16Cl2N2O2/c1-2-10-3-5-11(6-4-10)22-9-16(21)20-15-8-12(17)14(19)7-13(15)18/h3-8H,2,9,19H2,1H3,(H,20,21). The van der Waals surface area contributed by atoms with Gasteiger partial charge in [0.15, 0.2) is 6.61 Å². The van der Waals surface area contributed by atoms with Crippen molar-refractivity contribution in [3.05, 3.63) is 52.0 Å². The Hall–Kier alpha value is -1.91. The van der Waals surface area contributed by atoms with Gasteiger partial charge in [-0.3, -0.25) is 4.79 Å². The van der Waals surface area contributed by atoms with Crippen molar-refractivity contribution in [2.24, 2.45) is 0 Å². The number of anilines is 2. The first-order chi connectivity index (χ1) is 10.5. The number of aryl methyl sites for hydroxylation is 1. The third-order valence-electron chi connectivity index (χ3n) is 3.06. The SMILES string of the molecule is CCc1ccc(OCC(=O)Nc2cc(Cl)c(N)cc2Cl)cc1. The number of nitrogen functional groups attached to an aromatic ring is 1. The van der Waals surface area contributed by atoms with Gasteiger partial charge < -0.3 is 15.8 Å². The van der Waals surface area contributed by atoms with Crippen LogP contribution in [-0.4, -0.2) is 12.5 Å². The molecule has 0 heterocycles. The molecule has 0 spiro atoms. The second kappa shape index (κ2) is 7.38. The number of nitrogens with two attached hydrogens (primary N) is 1. The number of carbonyl (C=O) groups is 1. The predicted molar refractivity (Wildman–Crippen MR) is 90.8 cm³/mol. The van der Waals surface area contributed by atoms with Gasteiger partial charge >= 0.3 is 0 Å². The summed E-state index contributed by atoms with van der Waals surface area (Å²) in [6.45, 7) is 1.95. The number of rotatable bonds is 5. The number of benzene rings is 2. The molecule has 2 rings (SSSR count). The van der Waals surface area contributed by atoms with Gasteiger partial charge in [0, 0.05) is 0 Å². The molecule has 0 saturated heterocycles. The molecule has 0 aromatic heterocycles. The Morgan fingerprint density at radius 1 is 1.18 bits per heavy atom. The Bertz CT molecular complexity index is 673. The quantitative estimate of drug-likeness (QED) is 0.804. The maximum absolute atomic E-state index is 11.9. The fourth-order valence-electron chi connectivity index (χ4n) is 1.81. The van der Waals surface area contributed by atoms with E-state index in [1.807, 2.05) is 24.3 Å². The molecule has 0 fully saturated rings. The molecule has 0 bridgehead atoms. The molecule has 3 N–H and O–H groups in total. The van der Waals surface area contributed by atoms with E-state index < -0.39 is 0 Å². The van der Waals surface area contributed by atoms with Crippen molar-refractivity contribution in [2.45, 2.75) is 13.3 Å². The van der Waals surface area contributed by atoms with Crippen LogP contribution < -0.4 is 15.8 Å². The van der Waals surface area contributed by atoms with E-state index in [0.29, 0.717) is 27.2 Å². The number of halogens is 2. The molecule has 2 aromatic rings. The average Bonchev–Trinajstić information content (AvgIpc) is 2.51. The number of amides is 1. The summed E-state index contributed by atoms with van der Waals surface area (Å²) in [7, 11) is 0. The molecule has 6 heteroatoms. The summed E-state index contributed by atoms with van der Waals surface area (Å²) in [5, 5.41) is 3.29. The van der Waals surface area contributed by atoms with Crippen molar-refractivity contribution < 1.29 is 9.53 Å². The smallest absolute Gasteiger partial charge is 0.262 e. The fraction of sp³-hybridized carbons (Fsp3) is 0.188. The van der Waals surface area contributed by atoms with Gasteiger partial charge in [-0.1, -0.05) is 42.3 Å². The van der Waals surface area contributed by atoms with Gasteiger partial charge in [-0.25, -0.2) is 0 Å². The first kappa shape index (κ1) is 16.5. The van der Waals surface area contributed by atoms with Crippen molar-refractivity contribution in [2.75, 3.05) is 17.7 Å². The Morgan fingerprint density at radius 3 is 2.50 bits per heavy atom. The van der Waals surface area contributed by atoms with Crippen LogP contribution in [0.1, 0.15) is 12.5 Å². The highest BCUT2D eigenvalue weighted by Crippen LogP contribution is 2.30.